The number of rotatable bonds is 1. The molecule has 0 N–H and O–H groups in total. The maximum absolute atomic E-state index is 11.5. The third-order valence-electron chi connectivity index (χ3n) is 2.62. The Bertz CT molecular complexity index is 551. The fraction of sp³-hybridized carbons (Fsp3) is 0.300. The average molecular weight is 333 g/mol. The van der Waals surface area contributed by atoms with Gasteiger partial charge in [0.25, 0.3) is 0 Å². The van der Waals surface area contributed by atoms with Crippen molar-refractivity contribution in [3.05, 3.63) is 28.8 Å². The zero-order chi connectivity index (χ0) is 11.2. The number of hydrogen-bond acceptors (Lipinski definition) is 3. The molecule has 3 nitrogen and oxygen atoms in total. The largest absolute Gasteiger partial charge is 0.291 e. The van der Waals surface area contributed by atoms with E-state index in [9.17, 15) is 13.2 Å². The first-order valence-corrected chi connectivity index (χ1v) is 6.43. The maximum atomic E-state index is 11.5. The molecule has 83 valence electrons. The van der Waals surface area contributed by atoms with Crippen LogP contribution < -0.4 is 0 Å². The van der Waals surface area contributed by atoms with Crippen LogP contribution in [0.3, 0.4) is 0 Å². The van der Waals surface area contributed by atoms with Crippen LogP contribution in [-0.2, 0) is 49.0 Å². The molecule has 1 heterocycles. The van der Waals surface area contributed by atoms with Crippen LogP contribution in [0.1, 0.15) is 21.5 Å². The second kappa shape index (κ2) is 4.85. The first-order valence-electron chi connectivity index (χ1n) is 4.40. The first kappa shape index (κ1) is 14.3. The summed E-state index contributed by atoms with van der Waals surface area (Å²) in [6.07, 6.45) is 0.442. The van der Waals surface area contributed by atoms with E-state index in [1.54, 1.807) is 6.92 Å². The molecule has 0 amide bonds. The summed E-state index contributed by atoms with van der Waals surface area (Å²) in [5.74, 6) is 0.0968. The van der Waals surface area contributed by atoms with Gasteiger partial charge < -0.3 is 0 Å². The van der Waals surface area contributed by atoms with Crippen molar-refractivity contribution in [3.8, 4) is 0 Å². The number of carbonyl (C=O) groups excluding carboxylic acids is 1. The van der Waals surface area contributed by atoms with Crippen LogP contribution in [0.15, 0.2) is 11.0 Å². The smallest absolute Gasteiger partial charge is 0.197 e. The zero-order valence-corrected chi connectivity index (χ0v) is 13.0. The normalized spacial score (nSPS) is 16.4. The van der Waals surface area contributed by atoms with Gasteiger partial charge in [-0.25, -0.2) is 8.42 Å². The molecule has 1 aliphatic rings. The van der Waals surface area contributed by atoms with Crippen molar-refractivity contribution < 1.29 is 45.9 Å². The van der Waals surface area contributed by atoms with Gasteiger partial charge in [-0.2, -0.15) is 12.1 Å². The molecule has 0 fully saturated rings. The van der Waals surface area contributed by atoms with E-state index >= 15 is 0 Å². The minimum atomic E-state index is -3.18. The molecule has 0 aromatic heterocycles. The van der Waals surface area contributed by atoms with E-state index in [4.69, 9.17) is 11.6 Å². The third kappa shape index (κ3) is 2.26. The van der Waals surface area contributed by atoms with Crippen molar-refractivity contribution in [2.24, 2.45) is 0 Å². The van der Waals surface area contributed by atoms with Gasteiger partial charge in [0.2, 0.25) is 0 Å². The molecule has 6 heteroatoms. The van der Waals surface area contributed by atoms with Gasteiger partial charge in [-0.05, 0) is 4.90 Å². The van der Waals surface area contributed by atoms with E-state index in [1.165, 1.54) is 6.07 Å². The van der Waals surface area contributed by atoms with Crippen LogP contribution in [0.4, 0.5) is 0 Å². The monoisotopic (exact) mass is 332 g/mol. The molecule has 0 saturated heterocycles. The van der Waals surface area contributed by atoms with Crippen LogP contribution >= 0.6 is 11.6 Å². The Morgan fingerprint density at radius 3 is 2.69 bits per heavy atom. The SMILES string of the molecule is Cc1c(C(=O)Cl)c[c-]c2c1CCS2(=O)=O.[Y]. The molecule has 1 aromatic carbocycles. The van der Waals surface area contributed by atoms with Crippen molar-refractivity contribution >= 4 is 26.7 Å². The Balaban J connectivity index is 0.00000128. The number of fused-ring (bicyclic) bond motifs is 1. The van der Waals surface area contributed by atoms with Crippen molar-refractivity contribution in [2.75, 3.05) is 5.75 Å². The van der Waals surface area contributed by atoms with Gasteiger partial charge in [-0.15, -0.1) is 11.1 Å². The minimum absolute atomic E-state index is 0. The van der Waals surface area contributed by atoms with Gasteiger partial charge in [0.1, 0.15) is 0 Å². The fourth-order valence-corrected chi connectivity index (χ4v) is 3.53. The van der Waals surface area contributed by atoms with Gasteiger partial charge in [0.05, 0.1) is 0 Å². The molecule has 16 heavy (non-hydrogen) atoms. The molecule has 0 unspecified atom stereocenters. The summed E-state index contributed by atoms with van der Waals surface area (Å²) in [7, 11) is -3.18. The Hall–Kier alpha value is 0.234. The van der Waals surface area contributed by atoms with Crippen LogP contribution in [0.2, 0.25) is 0 Å². The van der Waals surface area contributed by atoms with E-state index in [2.05, 4.69) is 6.07 Å². The van der Waals surface area contributed by atoms with E-state index in [0.717, 1.165) is 0 Å². The molecule has 1 aromatic rings. The number of benzene rings is 1. The number of hydrogen-bond donors (Lipinski definition) is 0. The molecule has 0 aliphatic carbocycles. The summed E-state index contributed by atoms with van der Waals surface area (Å²) in [6.45, 7) is 1.71. The summed E-state index contributed by atoms with van der Waals surface area (Å²) >= 11 is 5.37. The molecule has 0 bridgehead atoms. The molecule has 0 atom stereocenters. The van der Waals surface area contributed by atoms with Gasteiger partial charge >= 0.3 is 0 Å². The Morgan fingerprint density at radius 1 is 1.50 bits per heavy atom. The Labute approximate surface area is 124 Å². The molecule has 0 saturated carbocycles. The quantitative estimate of drug-likeness (QED) is 0.578. The predicted molar refractivity (Wildman–Crippen MR) is 56.0 cm³/mol. The summed E-state index contributed by atoms with van der Waals surface area (Å²) in [5, 5.41) is -0.573. The Morgan fingerprint density at radius 2 is 2.12 bits per heavy atom. The molecule has 1 radical (unpaired) electrons. The van der Waals surface area contributed by atoms with Gasteiger partial charge in [-0.1, -0.05) is 30.5 Å². The first-order chi connectivity index (χ1) is 6.93. The summed E-state index contributed by atoms with van der Waals surface area (Å²) in [6, 6.07) is 3.99. The minimum Gasteiger partial charge on any atom is -0.291 e. The second-order valence-corrected chi connectivity index (χ2v) is 5.87. The summed E-state index contributed by atoms with van der Waals surface area (Å²) in [5.41, 5.74) is 1.68. The van der Waals surface area contributed by atoms with Crippen LogP contribution in [0.25, 0.3) is 0 Å². The standard InChI is InChI=1S/C10H8ClO3S.Y/c1-6-7-4-5-15(13,14)9(7)3-2-8(6)10(11)12;/h2H,4-5H2,1H3;/q-1;. The average Bonchev–Trinajstić information content (AvgIpc) is 2.43. The van der Waals surface area contributed by atoms with Gasteiger partial charge in [0, 0.05) is 38.5 Å². The van der Waals surface area contributed by atoms with E-state index in [1.807, 2.05) is 0 Å². The van der Waals surface area contributed by atoms with Crippen LogP contribution in [0.5, 0.6) is 0 Å². The van der Waals surface area contributed by atoms with E-state index in [-0.39, 0.29) is 43.4 Å². The fourth-order valence-electron chi connectivity index (χ4n) is 1.79. The topological polar surface area (TPSA) is 51.2 Å². The van der Waals surface area contributed by atoms with E-state index in [0.29, 0.717) is 23.1 Å². The Kier molecular flexibility index (Phi) is 4.33. The molecular weight excluding hydrogens is 325 g/mol. The van der Waals surface area contributed by atoms with Gasteiger partial charge in [0.15, 0.2) is 15.1 Å². The van der Waals surface area contributed by atoms with Crippen molar-refractivity contribution in [1.82, 2.24) is 0 Å². The van der Waals surface area contributed by atoms with Crippen molar-refractivity contribution in [2.45, 2.75) is 18.2 Å². The number of carbonyl (C=O) groups is 1. The van der Waals surface area contributed by atoms with Crippen LogP contribution in [0, 0.1) is 13.0 Å². The molecular formula is C10H8ClO3SY-. The zero-order valence-electron chi connectivity index (χ0n) is 8.58. The van der Waals surface area contributed by atoms with Crippen molar-refractivity contribution in [3.63, 3.8) is 0 Å². The molecule has 1 aliphatic heterocycles. The molecule has 0 spiro atoms. The summed E-state index contributed by atoms with van der Waals surface area (Å²) in [4.78, 5) is 11.2. The van der Waals surface area contributed by atoms with Crippen LogP contribution in [-0.4, -0.2) is 19.4 Å². The van der Waals surface area contributed by atoms with Crippen molar-refractivity contribution in [1.29, 1.82) is 0 Å². The van der Waals surface area contributed by atoms with E-state index < -0.39 is 15.1 Å². The summed E-state index contributed by atoms with van der Waals surface area (Å²) < 4.78 is 23.1. The second-order valence-electron chi connectivity index (χ2n) is 3.48. The third-order valence-corrected chi connectivity index (χ3v) is 4.55. The number of sulfone groups is 1. The predicted octanol–water partition coefficient (Wildman–Crippen LogP) is 1.50. The van der Waals surface area contributed by atoms with Gasteiger partial charge in [-0.3, -0.25) is 4.79 Å². The number of halogens is 1. The maximum Gasteiger partial charge on any atom is 0.197 e. The molecule has 2 rings (SSSR count).